The van der Waals surface area contributed by atoms with Gasteiger partial charge < -0.3 is 10.2 Å². The standard InChI is InChI=1S/C15H28N2O/c18-15(17-12-6-3-7-13-17)10-11-16-14-8-4-1-2-5-9-14/h14,16H,1-13H2. The molecule has 1 saturated carbocycles. The Morgan fingerprint density at radius 2 is 1.56 bits per heavy atom. The minimum Gasteiger partial charge on any atom is -0.343 e. The zero-order valence-corrected chi connectivity index (χ0v) is 11.6. The van der Waals surface area contributed by atoms with E-state index in [1.807, 2.05) is 0 Å². The lowest BCUT2D eigenvalue weighted by molar-refractivity contribution is -0.132. The van der Waals surface area contributed by atoms with Gasteiger partial charge in [0, 0.05) is 32.1 Å². The number of piperidine rings is 1. The highest BCUT2D eigenvalue weighted by Gasteiger charge is 2.17. The van der Waals surface area contributed by atoms with Crippen LogP contribution in [0.3, 0.4) is 0 Å². The summed E-state index contributed by atoms with van der Waals surface area (Å²) in [5.41, 5.74) is 0. The van der Waals surface area contributed by atoms with E-state index in [0.29, 0.717) is 18.4 Å². The van der Waals surface area contributed by atoms with Gasteiger partial charge in [0.25, 0.3) is 0 Å². The van der Waals surface area contributed by atoms with Crippen LogP contribution in [-0.4, -0.2) is 36.5 Å². The lowest BCUT2D eigenvalue weighted by atomic mass is 10.1. The highest BCUT2D eigenvalue weighted by atomic mass is 16.2. The van der Waals surface area contributed by atoms with Crippen molar-refractivity contribution in [3.05, 3.63) is 0 Å². The maximum Gasteiger partial charge on any atom is 0.223 e. The monoisotopic (exact) mass is 252 g/mol. The molecule has 1 N–H and O–H groups in total. The zero-order chi connectivity index (χ0) is 12.6. The van der Waals surface area contributed by atoms with Crippen LogP contribution in [0.4, 0.5) is 0 Å². The Morgan fingerprint density at radius 3 is 2.22 bits per heavy atom. The lowest BCUT2D eigenvalue weighted by Gasteiger charge is -2.27. The summed E-state index contributed by atoms with van der Waals surface area (Å²) in [6.07, 6.45) is 12.5. The van der Waals surface area contributed by atoms with Crippen LogP contribution in [0.15, 0.2) is 0 Å². The number of nitrogens with one attached hydrogen (secondary N) is 1. The maximum absolute atomic E-state index is 12.0. The van der Waals surface area contributed by atoms with Gasteiger partial charge in [0.2, 0.25) is 5.91 Å². The first kappa shape index (κ1) is 13.9. The van der Waals surface area contributed by atoms with E-state index in [0.717, 1.165) is 19.6 Å². The molecule has 2 rings (SSSR count). The first-order chi connectivity index (χ1) is 8.86. The third-order valence-corrected chi connectivity index (χ3v) is 4.34. The normalized spacial score (nSPS) is 22.8. The molecule has 3 nitrogen and oxygen atoms in total. The Bertz CT molecular complexity index is 241. The van der Waals surface area contributed by atoms with Gasteiger partial charge in [-0.3, -0.25) is 4.79 Å². The highest BCUT2D eigenvalue weighted by molar-refractivity contribution is 5.76. The second-order valence-corrected chi connectivity index (χ2v) is 5.83. The number of amides is 1. The molecule has 0 spiro atoms. The number of hydrogen-bond acceptors (Lipinski definition) is 2. The minimum atomic E-state index is 0.357. The van der Waals surface area contributed by atoms with E-state index in [1.165, 1.54) is 57.8 Å². The average Bonchev–Trinajstić information content (AvgIpc) is 2.68. The molecular weight excluding hydrogens is 224 g/mol. The summed E-state index contributed by atoms with van der Waals surface area (Å²) in [5.74, 6) is 0.357. The summed E-state index contributed by atoms with van der Waals surface area (Å²) in [7, 11) is 0. The average molecular weight is 252 g/mol. The predicted molar refractivity (Wildman–Crippen MR) is 74.5 cm³/mol. The fourth-order valence-corrected chi connectivity index (χ4v) is 3.17. The van der Waals surface area contributed by atoms with Crippen molar-refractivity contribution in [3.8, 4) is 0 Å². The molecule has 2 fully saturated rings. The van der Waals surface area contributed by atoms with Gasteiger partial charge in [-0.2, -0.15) is 0 Å². The Labute approximate surface area is 111 Å². The van der Waals surface area contributed by atoms with E-state index in [-0.39, 0.29) is 0 Å². The molecule has 1 saturated heterocycles. The number of likely N-dealkylation sites (tertiary alicyclic amines) is 1. The first-order valence-electron chi connectivity index (χ1n) is 7.87. The summed E-state index contributed by atoms with van der Waals surface area (Å²) in [6, 6.07) is 0.668. The van der Waals surface area contributed by atoms with Crippen molar-refractivity contribution in [1.82, 2.24) is 10.2 Å². The van der Waals surface area contributed by atoms with Crippen molar-refractivity contribution >= 4 is 5.91 Å². The Morgan fingerprint density at radius 1 is 0.944 bits per heavy atom. The first-order valence-corrected chi connectivity index (χ1v) is 7.87. The molecule has 0 radical (unpaired) electrons. The van der Waals surface area contributed by atoms with Gasteiger partial charge in [0.05, 0.1) is 0 Å². The number of rotatable bonds is 4. The van der Waals surface area contributed by atoms with Crippen LogP contribution in [0.1, 0.15) is 64.2 Å². The highest BCUT2D eigenvalue weighted by Crippen LogP contribution is 2.17. The summed E-state index contributed by atoms with van der Waals surface area (Å²) in [6.45, 7) is 2.85. The van der Waals surface area contributed by atoms with E-state index in [1.54, 1.807) is 0 Å². The van der Waals surface area contributed by atoms with Crippen LogP contribution in [0.5, 0.6) is 0 Å². The largest absolute Gasteiger partial charge is 0.343 e. The fourth-order valence-electron chi connectivity index (χ4n) is 3.17. The Balaban J connectivity index is 1.60. The molecule has 0 aromatic heterocycles. The number of nitrogens with zero attached hydrogens (tertiary/aromatic N) is 1. The molecule has 1 aliphatic carbocycles. The Kier molecular flexibility index (Phi) is 5.98. The second kappa shape index (κ2) is 7.78. The number of carbonyl (C=O) groups is 1. The summed E-state index contributed by atoms with van der Waals surface area (Å²) < 4.78 is 0. The smallest absolute Gasteiger partial charge is 0.223 e. The summed E-state index contributed by atoms with van der Waals surface area (Å²) in [5, 5.41) is 3.58. The molecule has 3 heteroatoms. The molecule has 0 unspecified atom stereocenters. The zero-order valence-electron chi connectivity index (χ0n) is 11.6. The molecule has 2 aliphatic rings. The third-order valence-electron chi connectivity index (χ3n) is 4.34. The van der Waals surface area contributed by atoms with Crippen molar-refractivity contribution in [3.63, 3.8) is 0 Å². The molecule has 0 bridgehead atoms. The molecular formula is C15H28N2O. The van der Waals surface area contributed by atoms with E-state index in [4.69, 9.17) is 0 Å². The van der Waals surface area contributed by atoms with Crippen LogP contribution < -0.4 is 5.32 Å². The van der Waals surface area contributed by atoms with Crippen LogP contribution >= 0.6 is 0 Å². The van der Waals surface area contributed by atoms with Gasteiger partial charge in [-0.1, -0.05) is 25.7 Å². The van der Waals surface area contributed by atoms with Gasteiger partial charge in [-0.15, -0.1) is 0 Å². The van der Waals surface area contributed by atoms with Crippen molar-refractivity contribution in [1.29, 1.82) is 0 Å². The molecule has 1 amide bonds. The van der Waals surface area contributed by atoms with Crippen LogP contribution in [-0.2, 0) is 4.79 Å². The van der Waals surface area contributed by atoms with Crippen molar-refractivity contribution in [2.24, 2.45) is 0 Å². The molecule has 1 heterocycles. The molecule has 0 aromatic rings. The SMILES string of the molecule is O=C(CCNC1CCCCCC1)N1CCCCC1. The van der Waals surface area contributed by atoms with Gasteiger partial charge in [0.1, 0.15) is 0 Å². The van der Waals surface area contributed by atoms with E-state index in [9.17, 15) is 4.79 Å². The predicted octanol–water partition coefficient (Wildman–Crippen LogP) is 2.70. The lowest BCUT2D eigenvalue weighted by Crippen LogP contribution is -2.38. The van der Waals surface area contributed by atoms with Crippen molar-refractivity contribution in [2.75, 3.05) is 19.6 Å². The molecule has 0 atom stereocenters. The van der Waals surface area contributed by atoms with E-state index in [2.05, 4.69) is 10.2 Å². The van der Waals surface area contributed by atoms with Gasteiger partial charge >= 0.3 is 0 Å². The fraction of sp³-hybridized carbons (Fsp3) is 0.933. The molecule has 1 aliphatic heterocycles. The van der Waals surface area contributed by atoms with Crippen molar-refractivity contribution in [2.45, 2.75) is 70.3 Å². The van der Waals surface area contributed by atoms with E-state index < -0.39 is 0 Å². The minimum absolute atomic E-state index is 0.357. The van der Waals surface area contributed by atoms with Gasteiger partial charge in [-0.25, -0.2) is 0 Å². The topological polar surface area (TPSA) is 32.3 Å². The third kappa shape index (κ3) is 4.60. The van der Waals surface area contributed by atoms with Crippen molar-refractivity contribution < 1.29 is 4.79 Å². The maximum atomic E-state index is 12.0. The van der Waals surface area contributed by atoms with Gasteiger partial charge in [-0.05, 0) is 32.1 Å². The quantitative estimate of drug-likeness (QED) is 0.780. The number of hydrogen-bond donors (Lipinski definition) is 1. The van der Waals surface area contributed by atoms with Crippen LogP contribution in [0.25, 0.3) is 0 Å². The van der Waals surface area contributed by atoms with Crippen LogP contribution in [0.2, 0.25) is 0 Å². The molecule has 0 aromatic carbocycles. The number of carbonyl (C=O) groups excluding carboxylic acids is 1. The summed E-state index contributed by atoms with van der Waals surface area (Å²) in [4.78, 5) is 14.0. The van der Waals surface area contributed by atoms with E-state index >= 15 is 0 Å². The second-order valence-electron chi connectivity index (χ2n) is 5.83. The molecule has 104 valence electrons. The molecule has 18 heavy (non-hydrogen) atoms. The summed E-state index contributed by atoms with van der Waals surface area (Å²) >= 11 is 0. The van der Waals surface area contributed by atoms with Gasteiger partial charge in [0.15, 0.2) is 0 Å². The Hall–Kier alpha value is -0.570. The van der Waals surface area contributed by atoms with Crippen LogP contribution in [0, 0.1) is 0 Å².